The van der Waals surface area contributed by atoms with Crippen molar-refractivity contribution in [3.63, 3.8) is 0 Å². The number of nitrogens with one attached hydrogen (secondary N) is 1. The summed E-state index contributed by atoms with van der Waals surface area (Å²) in [5, 5.41) is 2.85. The number of hydrogen-bond acceptors (Lipinski definition) is 3. The minimum absolute atomic E-state index is 0.0838. The maximum Gasteiger partial charge on any atom is 0.251 e. The largest absolute Gasteiger partial charge is 0.467 e. The summed E-state index contributed by atoms with van der Waals surface area (Å²) >= 11 is 0. The lowest BCUT2D eigenvalue weighted by Gasteiger charge is -2.31. The molecule has 2 heterocycles. The molecule has 148 valence electrons. The Labute approximate surface area is 166 Å². The molecule has 1 N–H and O–H groups in total. The van der Waals surface area contributed by atoms with Crippen LogP contribution in [-0.4, -0.2) is 29.3 Å². The number of amides is 2. The third-order valence-corrected chi connectivity index (χ3v) is 6.07. The minimum Gasteiger partial charge on any atom is -0.467 e. The number of furan rings is 1. The highest BCUT2D eigenvalue weighted by Gasteiger charge is 2.36. The smallest absolute Gasteiger partial charge is 0.251 e. The maximum absolute atomic E-state index is 12.8. The summed E-state index contributed by atoms with van der Waals surface area (Å²) in [5.74, 6) is 1.02. The highest BCUT2D eigenvalue weighted by atomic mass is 16.3. The van der Waals surface area contributed by atoms with Crippen molar-refractivity contribution in [2.24, 2.45) is 5.92 Å². The predicted octanol–water partition coefficient (Wildman–Crippen LogP) is 3.93. The molecule has 2 amide bonds. The molecule has 1 aromatic heterocycles. The monoisotopic (exact) mass is 380 g/mol. The van der Waals surface area contributed by atoms with Crippen molar-refractivity contribution in [3.8, 4) is 0 Å². The van der Waals surface area contributed by atoms with E-state index in [0.29, 0.717) is 24.1 Å². The lowest BCUT2D eigenvalue weighted by molar-refractivity contribution is -0.133. The molecule has 28 heavy (non-hydrogen) atoms. The van der Waals surface area contributed by atoms with Crippen LogP contribution in [-0.2, 0) is 17.8 Å². The number of likely N-dealkylation sites (tertiary alicyclic amines) is 1. The van der Waals surface area contributed by atoms with Crippen molar-refractivity contribution in [1.29, 1.82) is 0 Å². The van der Waals surface area contributed by atoms with Gasteiger partial charge in [0.25, 0.3) is 5.91 Å². The molecule has 1 aliphatic heterocycles. The van der Waals surface area contributed by atoms with E-state index in [-0.39, 0.29) is 11.8 Å². The van der Waals surface area contributed by atoms with Gasteiger partial charge in [-0.25, -0.2) is 0 Å². The third kappa shape index (κ3) is 4.29. The molecule has 0 bridgehead atoms. The van der Waals surface area contributed by atoms with E-state index >= 15 is 0 Å². The molecule has 0 radical (unpaired) electrons. The molecule has 4 rings (SSSR count). The van der Waals surface area contributed by atoms with E-state index in [4.69, 9.17) is 4.42 Å². The molecule has 1 unspecified atom stereocenters. The van der Waals surface area contributed by atoms with Gasteiger partial charge in [0.2, 0.25) is 5.91 Å². The Kier molecular flexibility index (Phi) is 5.79. The van der Waals surface area contributed by atoms with Crippen LogP contribution in [0.5, 0.6) is 0 Å². The van der Waals surface area contributed by atoms with Gasteiger partial charge in [-0.3, -0.25) is 9.59 Å². The Morgan fingerprint density at radius 3 is 2.57 bits per heavy atom. The van der Waals surface area contributed by atoms with Gasteiger partial charge >= 0.3 is 0 Å². The minimum atomic E-state index is -0.122. The Morgan fingerprint density at radius 1 is 1.07 bits per heavy atom. The van der Waals surface area contributed by atoms with Gasteiger partial charge in [0.15, 0.2) is 0 Å². The maximum atomic E-state index is 12.8. The second-order valence-electron chi connectivity index (χ2n) is 7.97. The van der Waals surface area contributed by atoms with Gasteiger partial charge < -0.3 is 14.6 Å². The highest BCUT2D eigenvalue weighted by Crippen LogP contribution is 2.30. The molecule has 2 fully saturated rings. The summed E-state index contributed by atoms with van der Waals surface area (Å²) < 4.78 is 5.23. The van der Waals surface area contributed by atoms with Gasteiger partial charge in [-0.2, -0.15) is 0 Å². The molecule has 1 saturated carbocycles. The molecular weight excluding hydrogens is 352 g/mol. The molecule has 2 aromatic rings. The summed E-state index contributed by atoms with van der Waals surface area (Å²) in [6, 6.07) is 11.7. The summed E-state index contributed by atoms with van der Waals surface area (Å²) in [7, 11) is 0. The quantitative estimate of drug-likeness (QED) is 0.826. The topological polar surface area (TPSA) is 62.6 Å². The molecule has 5 nitrogen and oxygen atoms in total. The molecular formula is C23H28N2O3. The standard InChI is InChI=1S/C23H28N2O3/c26-22(24-16-21-7-4-14-28-21)18-10-8-17(9-11-18)15-19-12-13-25(23(19)27)20-5-2-1-3-6-20/h4,7-11,14,19-20H,1-3,5-6,12-13,15-16H2,(H,24,26). The second kappa shape index (κ2) is 8.63. The summed E-state index contributed by atoms with van der Waals surface area (Å²) in [5.41, 5.74) is 1.74. The zero-order chi connectivity index (χ0) is 19.3. The van der Waals surface area contributed by atoms with Crippen LogP contribution in [0.1, 0.15) is 60.2 Å². The lowest BCUT2D eigenvalue weighted by atomic mass is 9.94. The van der Waals surface area contributed by atoms with Gasteiger partial charge in [0, 0.05) is 24.1 Å². The average Bonchev–Trinajstić information content (AvgIpc) is 3.38. The second-order valence-corrected chi connectivity index (χ2v) is 7.97. The van der Waals surface area contributed by atoms with Crippen molar-refractivity contribution >= 4 is 11.8 Å². The number of hydrogen-bond donors (Lipinski definition) is 1. The molecule has 1 atom stereocenters. The van der Waals surface area contributed by atoms with Crippen LogP contribution in [0.3, 0.4) is 0 Å². The first-order chi connectivity index (χ1) is 13.7. The lowest BCUT2D eigenvalue weighted by Crippen LogP contribution is -2.39. The van der Waals surface area contributed by atoms with Crippen molar-refractivity contribution in [2.75, 3.05) is 6.54 Å². The molecule has 0 spiro atoms. The van der Waals surface area contributed by atoms with Crippen molar-refractivity contribution in [3.05, 3.63) is 59.5 Å². The van der Waals surface area contributed by atoms with Gasteiger partial charge in [-0.1, -0.05) is 31.4 Å². The summed E-state index contributed by atoms with van der Waals surface area (Å²) in [6.07, 6.45) is 9.45. The van der Waals surface area contributed by atoms with Crippen LogP contribution in [0, 0.1) is 5.92 Å². The van der Waals surface area contributed by atoms with Crippen molar-refractivity contribution in [1.82, 2.24) is 10.2 Å². The van der Waals surface area contributed by atoms with Crippen LogP contribution in [0.4, 0.5) is 0 Å². The van der Waals surface area contributed by atoms with E-state index in [9.17, 15) is 9.59 Å². The van der Waals surface area contributed by atoms with Gasteiger partial charge in [0.05, 0.1) is 12.8 Å². The van der Waals surface area contributed by atoms with E-state index in [1.807, 2.05) is 30.3 Å². The SMILES string of the molecule is O=C(NCc1ccco1)c1ccc(CC2CCN(C3CCCCC3)C2=O)cc1. The average molecular weight is 380 g/mol. The van der Waals surface area contributed by atoms with E-state index in [1.165, 1.54) is 32.1 Å². The van der Waals surface area contributed by atoms with Crippen LogP contribution < -0.4 is 5.32 Å². The van der Waals surface area contributed by atoms with Gasteiger partial charge in [-0.05, 0) is 55.5 Å². The number of carbonyl (C=O) groups is 2. The Balaban J connectivity index is 1.30. The molecule has 5 heteroatoms. The first kappa shape index (κ1) is 18.8. The number of nitrogens with zero attached hydrogens (tertiary/aromatic N) is 1. The first-order valence-corrected chi connectivity index (χ1v) is 10.4. The zero-order valence-electron chi connectivity index (χ0n) is 16.2. The molecule has 1 aliphatic carbocycles. The van der Waals surface area contributed by atoms with E-state index < -0.39 is 0 Å². The van der Waals surface area contributed by atoms with E-state index in [1.54, 1.807) is 12.3 Å². The zero-order valence-corrected chi connectivity index (χ0v) is 16.2. The fourth-order valence-corrected chi connectivity index (χ4v) is 4.47. The summed E-state index contributed by atoms with van der Waals surface area (Å²) in [4.78, 5) is 27.2. The van der Waals surface area contributed by atoms with Crippen molar-refractivity contribution < 1.29 is 14.0 Å². The first-order valence-electron chi connectivity index (χ1n) is 10.4. The Morgan fingerprint density at radius 2 is 1.86 bits per heavy atom. The van der Waals surface area contributed by atoms with Gasteiger partial charge in [0.1, 0.15) is 5.76 Å². The van der Waals surface area contributed by atoms with Crippen LogP contribution in [0.15, 0.2) is 47.1 Å². The highest BCUT2D eigenvalue weighted by molar-refractivity contribution is 5.94. The van der Waals surface area contributed by atoms with Crippen LogP contribution in [0.2, 0.25) is 0 Å². The number of carbonyl (C=O) groups excluding carboxylic acids is 2. The Hall–Kier alpha value is -2.56. The van der Waals surface area contributed by atoms with E-state index in [2.05, 4.69) is 10.2 Å². The van der Waals surface area contributed by atoms with Gasteiger partial charge in [-0.15, -0.1) is 0 Å². The number of rotatable bonds is 6. The number of benzene rings is 1. The fourth-order valence-electron chi connectivity index (χ4n) is 4.47. The molecule has 2 aliphatic rings. The molecule has 1 aromatic carbocycles. The van der Waals surface area contributed by atoms with Crippen LogP contribution >= 0.6 is 0 Å². The van der Waals surface area contributed by atoms with Crippen LogP contribution in [0.25, 0.3) is 0 Å². The molecule has 1 saturated heterocycles. The van der Waals surface area contributed by atoms with Crippen molar-refractivity contribution in [2.45, 2.75) is 57.5 Å². The van der Waals surface area contributed by atoms with E-state index in [0.717, 1.165) is 30.7 Å². The third-order valence-electron chi connectivity index (χ3n) is 6.07. The fraction of sp³-hybridized carbons (Fsp3) is 0.478. The predicted molar refractivity (Wildman–Crippen MR) is 107 cm³/mol. The normalized spacial score (nSPS) is 20.5. The Bertz CT molecular complexity index is 792. The summed E-state index contributed by atoms with van der Waals surface area (Å²) in [6.45, 7) is 1.28.